The highest BCUT2D eigenvalue weighted by molar-refractivity contribution is 5.81. The van der Waals surface area contributed by atoms with Crippen molar-refractivity contribution in [1.82, 2.24) is 14.9 Å². The predicted molar refractivity (Wildman–Crippen MR) is 88.5 cm³/mol. The number of fused-ring (bicyclic) bond motifs is 4. The van der Waals surface area contributed by atoms with E-state index in [0.717, 1.165) is 25.2 Å². The molecule has 2 atom stereocenters. The van der Waals surface area contributed by atoms with E-state index < -0.39 is 0 Å². The van der Waals surface area contributed by atoms with Crippen LogP contribution in [0.5, 0.6) is 5.88 Å². The molecule has 1 aromatic rings. The summed E-state index contributed by atoms with van der Waals surface area (Å²) in [5, 5.41) is 0. The quantitative estimate of drug-likeness (QED) is 0.794. The molecule has 2 bridgehead atoms. The summed E-state index contributed by atoms with van der Waals surface area (Å²) in [7, 11) is 1.60. The maximum atomic E-state index is 12.8. The summed E-state index contributed by atoms with van der Waals surface area (Å²) in [6, 6.07) is 0.226. The number of hydrogen-bond acceptors (Lipinski definition) is 5. The van der Waals surface area contributed by atoms with Crippen molar-refractivity contribution in [2.24, 2.45) is 5.92 Å². The SMILES string of the molecule is COc1nccnc1N1C[C@@H]2CC[C@H](C1)N(CC=C(C)C)C2=O. The molecule has 1 amide bonds. The smallest absolute Gasteiger partial charge is 0.257 e. The number of ether oxygens (including phenoxy) is 1. The zero-order valence-electron chi connectivity index (χ0n) is 14.0. The summed E-state index contributed by atoms with van der Waals surface area (Å²) in [4.78, 5) is 25.6. The molecule has 0 spiro atoms. The van der Waals surface area contributed by atoms with E-state index >= 15 is 0 Å². The van der Waals surface area contributed by atoms with Gasteiger partial charge in [-0.25, -0.2) is 9.97 Å². The molecule has 3 aliphatic heterocycles. The molecule has 0 radical (unpaired) electrons. The molecule has 3 saturated heterocycles. The first kappa shape index (κ1) is 15.8. The molecular formula is C17H24N4O2. The van der Waals surface area contributed by atoms with Gasteiger partial charge >= 0.3 is 0 Å². The average Bonchev–Trinajstić information content (AvgIpc) is 2.84. The van der Waals surface area contributed by atoms with Gasteiger partial charge in [0, 0.05) is 38.1 Å². The zero-order valence-corrected chi connectivity index (χ0v) is 14.0. The Hall–Kier alpha value is -2.11. The highest BCUT2D eigenvalue weighted by Crippen LogP contribution is 2.33. The lowest BCUT2D eigenvalue weighted by atomic mass is 9.94. The first-order chi connectivity index (χ1) is 11.1. The summed E-state index contributed by atoms with van der Waals surface area (Å²) < 4.78 is 5.34. The van der Waals surface area contributed by atoms with Gasteiger partial charge in [0.2, 0.25) is 5.91 Å². The lowest BCUT2D eigenvalue weighted by Crippen LogP contribution is -2.47. The Morgan fingerprint density at radius 3 is 2.83 bits per heavy atom. The number of hydrogen-bond donors (Lipinski definition) is 0. The van der Waals surface area contributed by atoms with Gasteiger partial charge in [-0.05, 0) is 26.7 Å². The van der Waals surface area contributed by atoms with Gasteiger partial charge < -0.3 is 14.5 Å². The minimum absolute atomic E-state index is 0.0334. The van der Waals surface area contributed by atoms with Gasteiger partial charge in [0.05, 0.1) is 13.0 Å². The molecule has 0 unspecified atom stereocenters. The lowest BCUT2D eigenvalue weighted by Gasteiger charge is -2.35. The number of aromatic nitrogens is 2. The number of amides is 1. The summed E-state index contributed by atoms with van der Waals surface area (Å²) >= 11 is 0. The van der Waals surface area contributed by atoms with Crippen molar-refractivity contribution in [2.45, 2.75) is 32.7 Å². The second-order valence-electron chi connectivity index (χ2n) is 6.49. The molecule has 1 aromatic heterocycles. The highest BCUT2D eigenvalue weighted by atomic mass is 16.5. The van der Waals surface area contributed by atoms with E-state index in [2.05, 4.69) is 34.8 Å². The van der Waals surface area contributed by atoms with Crippen LogP contribution in [0.2, 0.25) is 0 Å². The van der Waals surface area contributed by atoms with E-state index in [0.29, 0.717) is 19.0 Å². The normalized spacial score (nSPS) is 23.7. The van der Waals surface area contributed by atoms with E-state index in [1.165, 1.54) is 5.57 Å². The molecular weight excluding hydrogens is 292 g/mol. The topological polar surface area (TPSA) is 58.6 Å². The van der Waals surface area contributed by atoms with Gasteiger partial charge in [-0.1, -0.05) is 11.6 Å². The first-order valence-corrected chi connectivity index (χ1v) is 8.14. The standard InChI is InChI=1S/C17H24N4O2/c1-12(2)6-9-21-14-5-4-13(17(21)22)10-20(11-14)15-16(23-3)19-8-7-18-15/h6-8,13-14H,4-5,9-11H2,1-3H3/t13-,14+/m0/s1. The monoisotopic (exact) mass is 316 g/mol. The van der Waals surface area contributed by atoms with Gasteiger partial charge in [-0.3, -0.25) is 4.79 Å². The van der Waals surface area contributed by atoms with Crippen LogP contribution < -0.4 is 9.64 Å². The number of carbonyl (C=O) groups excluding carboxylic acids is 1. The molecule has 23 heavy (non-hydrogen) atoms. The van der Waals surface area contributed by atoms with Crippen LogP contribution in [0.4, 0.5) is 5.82 Å². The lowest BCUT2D eigenvalue weighted by molar-refractivity contribution is -0.139. The molecule has 6 heteroatoms. The van der Waals surface area contributed by atoms with E-state index in [1.807, 2.05) is 4.90 Å². The third kappa shape index (κ3) is 3.16. The van der Waals surface area contributed by atoms with Gasteiger partial charge in [0.25, 0.3) is 5.88 Å². The van der Waals surface area contributed by atoms with Crippen molar-refractivity contribution in [1.29, 1.82) is 0 Å². The predicted octanol–water partition coefficient (Wildman–Crippen LogP) is 1.88. The largest absolute Gasteiger partial charge is 0.478 e. The minimum atomic E-state index is 0.0334. The number of methoxy groups -OCH3 is 1. The molecule has 124 valence electrons. The third-order valence-corrected chi connectivity index (χ3v) is 4.63. The minimum Gasteiger partial charge on any atom is -0.478 e. The van der Waals surface area contributed by atoms with Gasteiger partial charge in [0.15, 0.2) is 5.82 Å². The third-order valence-electron chi connectivity index (χ3n) is 4.63. The van der Waals surface area contributed by atoms with Crippen molar-refractivity contribution in [3.8, 4) is 5.88 Å². The summed E-state index contributed by atoms with van der Waals surface area (Å²) in [6.45, 7) is 6.31. The van der Waals surface area contributed by atoms with Crippen LogP contribution in [-0.4, -0.2) is 53.6 Å². The molecule has 3 aliphatic rings. The van der Waals surface area contributed by atoms with Gasteiger partial charge in [0.1, 0.15) is 0 Å². The summed E-state index contributed by atoms with van der Waals surface area (Å²) in [5.74, 6) is 1.57. The Balaban J connectivity index is 1.86. The van der Waals surface area contributed by atoms with Crippen molar-refractivity contribution in [3.05, 3.63) is 24.0 Å². The van der Waals surface area contributed by atoms with Crippen LogP contribution in [0.15, 0.2) is 24.0 Å². The van der Waals surface area contributed by atoms with Crippen molar-refractivity contribution >= 4 is 11.7 Å². The number of piperidine rings is 1. The number of allylic oxidation sites excluding steroid dienone is 1. The Kier molecular flexibility index (Phi) is 4.50. The van der Waals surface area contributed by atoms with E-state index in [1.54, 1.807) is 19.5 Å². The molecule has 0 aliphatic carbocycles. The molecule has 4 heterocycles. The molecule has 0 aromatic carbocycles. The number of anilines is 1. The van der Waals surface area contributed by atoms with Crippen molar-refractivity contribution in [3.63, 3.8) is 0 Å². The molecule has 4 rings (SSSR count). The van der Waals surface area contributed by atoms with E-state index in [9.17, 15) is 4.79 Å². The van der Waals surface area contributed by atoms with Gasteiger partial charge in [-0.2, -0.15) is 0 Å². The Bertz CT molecular complexity index is 612. The maximum absolute atomic E-state index is 12.8. The molecule has 6 nitrogen and oxygen atoms in total. The first-order valence-electron chi connectivity index (χ1n) is 8.14. The van der Waals surface area contributed by atoms with Crippen LogP contribution in [0.25, 0.3) is 0 Å². The fraction of sp³-hybridized carbons (Fsp3) is 0.588. The molecule has 0 saturated carbocycles. The van der Waals surface area contributed by atoms with Crippen LogP contribution in [0, 0.1) is 5.92 Å². The van der Waals surface area contributed by atoms with Crippen molar-refractivity contribution < 1.29 is 9.53 Å². The van der Waals surface area contributed by atoms with Crippen molar-refractivity contribution in [2.75, 3.05) is 31.6 Å². The molecule has 3 fully saturated rings. The fourth-order valence-corrected chi connectivity index (χ4v) is 3.41. The molecule has 0 N–H and O–H groups in total. The Labute approximate surface area is 137 Å². The van der Waals surface area contributed by atoms with E-state index in [4.69, 9.17) is 4.74 Å². The van der Waals surface area contributed by atoms with Crippen LogP contribution in [-0.2, 0) is 4.79 Å². The number of nitrogens with zero attached hydrogens (tertiary/aromatic N) is 4. The number of rotatable bonds is 4. The second-order valence-corrected chi connectivity index (χ2v) is 6.49. The van der Waals surface area contributed by atoms with Gasteiger partial charge in [-0.15, -0.1) is 0 Å². The van der Waals surface area contributed by atoms with E-state index in [-0.39, 0.29) is 17.9 Å². The fourth-order valence-electron chi connectivity index (χ4n) is 3.41. The maximum Gasteiger partial charge on any atom is 0.257 e. The second kappa shape index (κ2) is 6.56. The summed E-state index contributed by atoms with van der Waals surface area (Å²) in [5.41, 5.74) is 1.24. The number of carbonyl (C=O) groups is 1. The van der Waals surface area contributed by atoms with Crippen LogP contribution in [0.1, 0.15) is 26.7 Å². The average molecular weight is 316 g/mol. The van der Waals surface area contributed by atoms with Crippen LogP contribution in [0.3, 0.4) is 0 Å². The zero-order chi connectivity index (χ0) is 16.4. The summed E-state index contributed by atoms with van der Waals surface area (Å²) in [6.07, 6.45) is 7.43. The van der Waals surface area contributed by atoms with Crippen LogP contribution >= 0.6 is 0 Å². The Morgan fingerprint density at radius 2 is 2.09 bits per heavy atom. The highest BCUT2D eigenvalue weighted by Gasteiger charge is 2.41. The Morgan fingerprint density at radius 1 is 1.30 bits per heavy atom.